The van der Waals surface area contributed by atoms with Crippen LogP contribution in [0.15, 0.2) is 22.8 Å². The Morgan fingerprint density at radius 2 is 2.23 bits per heavy atom. The Bertz CT molecular complexity index is 856. The molecule has 0 radical (unpaired) electrons. The van der Waals surface area contributed by atoms with Crippen LogP contribution in [0.3, 0.4) is 0 Å². The third kappa shape index (κ3) is 3.69. The number of urea groups is 1. The summed E-state index contributed by atoms with van der Waals surface area (Å²) >= 11 is 1.44. The summed E-state index contributed by atoms with van der Waals surface area (Å²) in [5.74, 6) is 0.345. The van der Waals surface area contributed by atoms with Gasteiger partial charge in [0.05, 0.1) is 17.6 Å². The van der Waals surface area contributed by atoms with Crippen LogP contribution in [-0.4, -0.2) is 54.4 Å². The van der Waals surface area contributed by atoms with E-state index >= 15 is 0 Å². The lowest BCUT2D eigenvalue weighted by molar-refractivity contribution is -0.117. The van der Waals surface area contributed by atoms with Crippen LogP contribution in [0.2, 0.25) is 0 Å². The maximum absolute atomic E-state index is 12.7. The molecule has 0 saturated heterocycles. The summed E-state index contributed by atoms with van der Waals surface area (Å²) in [6.45, 7) is 3.96. The van der Waals surface area contributed by atoms with E-state index in [-0.39, 0.29) is 11.9 Å². The summed E-state index contributed by atoms with van der Waals surface area (Å²) < 4.78 is 1.57. The number of nitrogens with zero attached hydrogens (tertiary/aromatic N) is 5. The summed E-state index contributed by atoms with van der Waals surface area (Å²) in [6, 6.07) is -0.970. The van der Waals surface area contributed by atoms with E-state index < -0.39 is 6.04 Å². The highest BCUT2D eigenvalue weighted by Gasteiger charge is 2.33. The molecule has 0 bridgehead atoms. The number of thioether (sulfide) groups is 1. The average Bonchev–Trinajstić information content (AvgIpc) is 3.19. The first kappa shape index (κ1) is 17.9. The minimum Gasteiger partial charge on any atom is -0.351 e. The molecule has 0 saturated carbocycles. The molecule has 1 aliphatic rings. The predicted octanol–water partition coefficient (Wildman–Crippen LogP) is -0.222. The van der Waals surface area contributed by atoms with E-state index in [1.54, 1.807) is 18.7 Å². The van der Waals surface area contributed by atoms with Gasteiger partial charge in [-0.1, -0.05) is 11.8 Å². The third-order valence-corrected chi connectivity index (χ3v) is 4.87. The molecule has 1 aliphatic heterocycles. The van der Waals surface area contributed by atoms with Gasteiger partial charge in [-0.25, -0.2) is 14.5 Å². The van der Waals surface area contributed by atoms with Crippen molar-refractivity contribution >= 4 is 23.7 Å². The molecular formula is C14H19N9O2S. The monoisotopic (exact) mass is 377 g/mol. The number of carbonyl (C=O) groups excluding carboxylic acids is 2. The Labute approximate surface area is 153 Å². The zero-order chi connectivity index (χ0) is 18.7. The second-order valence-electron chi connectivity index (χ2n) is 5.67. The van der Waals surface area contributed by atoms with E-state index in [0.29, 0.717) is 34.4 Å². The minimum atomic E-state index is -0.606. The zero-order valence-electron chi connectivity index (χ0n) is 14.5. The number of H-pyrrole nitrogens is 1. The maximum Gasteiger partial charge on any atom is 0.319 e. The van der Waals surface area contributed by atoms with Crippen molar-refractivity contribution in [1.82, 2.24) is 46.1 Å². The van der Waals surface area contributed by atoms with Gasteiger partial charge in [-0.15, -0.1) is 5.10 Å². The Morgan fingerprint density at radius 3 is 2.88 bits per heavy atom. The summed E-state index contributed by atoms with van der Waals surface area (Å²) in [4.78, 5) is 31.7. The smallest absolute Gasteiger partial charge is 0.319 e. The number of aryl methyl sites for hydroxylation is 2. The summed E-state index contributed by atoms with van der Waals surface area (Å²) in [7, 11) is 1.75. The highest BCUT2D eigenvalue weighted by atomic mass is 32.2. The normalized spacial score (nSPS) is 17.0. The van der Waals surface area contributed by atoms with Crippen LogP contribution in [0.5, 0.6) is 0 Å². The van der Waals surface area contributed by atoms with Crippen LogP contribution in [0, 0.1) is 6.92 Å². The molecule has 3 heterocycles. The molecular weight excluding hydrogens is 358 g/mol. The number of amides is 3. The van der Waals surface area contributed by atoms with Gasteiger partial charge in [0, 0.05) is 30.7 Å². The minimum absolute atomic E-state index is 0.265. The number of hydrogen-bond acceptors (Lipinski definition) is 7. The van der Waals surface area contributed by atoms with Crippen LogP contribution < -0.4 is 16.0 Å². The van der Waals surface area contributed by atoms with Crippen molar-refractivity contribution in [3.63, 3.8) is 0 Å². The Balaban J connectivity index is 1.67. The highest BCUT2D eigenvalue weighted by molar-refractivity contribution is 7.99. The molecule has 1 atom stereocenters. The summed E-state index contributed by atoms with van der Waals surface area (Å²) in [6.07, 6.45) is 1.54. The van der Waals surface area contributed by atoms with Crippen LogP contribution in [-0.2, 0) is 11.8 Å². The van der Waals surface area contributed by atoms with Crippen LogP contribution in [0.25, 0.3) is 0 Å². The van der Waals surface area contributed by atoms with E-state index in [2.05, 4.69) is 41.4 Å². The number of carbonyl (C=O) groups is 2. The fourth-order valence-corrected chi connectivity index (χ4v) is 3.31. The summed E-state index contributed by atoms with van der Waals surface area (Å²) in [5.41, 5.74) is 2.35. The van der Waals surface area contributed by atoms with Crippen molar-refractivity contribution in [1.29, 1.82) is 0 Å². The van der Waals surface area contributed by atoms with E-state index in [9.17, 15) is 9.59 Å². The van der Waals surface area contributed by atoms with Gasteiger partial charge in [-0.3, -0.25) is 4.79 Å². The Morgan fingerprint density at radius 1 is 1.42 bits per heavy atom. The van der Waals surface area contributed by atoms with Gasteiger partial charge < -0.3 is 20.9 Å². The SMILES string of the molecule is CC1=C(C(=O)NCCSc2nnnn2C)[C@@H](c2nc[nH]c2C)NC(=O)N1. The molecule has 12 heteroatoms. The van der Waals surface area contributed by atoms with Gasteiger partial charge in [0.15, 0.2) is 0 Å². The first-order valence-electron chi connectivity index (χ1n) is 7.89. The van der Waals surface area contributed by atoms with Crippen LogP contribution >= 0.6 is 11.8 Å². The van der Waals surface area contributed by atoms with E-state index in [4.69, 9.17) is 0 Å². The fourth-order valence-electron chi connectivity index (χ4n) is 2.61. The molecule has 2 aromatic heterocycles. The number of aromatic nitrogens is 6. The molecule has 26 heavy (non-hydrogen) atoms. The van der Waals surface area contributed by atoms with Crippen LogP contribution in [0.4, 0.5) is 4.79 Å². The van der Waals surface area contributed by atoms with Crippen molar-refractivity contribution in [2.45, 2.75) is 25.0 Å². The number of rotatable bonds is 6. The second-order valence-corrected chi connectivity index (χ2v) is 6.73. The second kappa shape index (κ2) is 7.56. The molecule has 2 aromatic rings. The molecule has 3 amide bonds. The van der Waals surface area contributed by atoms with E-state index in [1.807, 2.05) is 6.92 Å². The first-order chi connectivity index (χ1) is 12.5. The molecule has 0 fully saturated rings. The summed E-state index contributed by atoms with van der Waals surface area (Å²) in [5, 5.41) is 20.1. The van der Waals surface area contributed by atoms with Crippen molar-refractivity contribution in [2.24, 2.45) is 7.05 Å². The third-order valence-electron chi connectivity index (χ3n) is 3.86. The number of nitrogens with one attached hydrogen (secondary N) is 4. The van der Waals surface area contributed by atoms with E-state index in [0.717, 1.165) is 5.69 Å². The topological polar surface area (TPSA) is 143 Å². The van der Waals surface area contributed by atoms with Gasteiger partial charge in [-0.2, -0.15) is 0 Å². The molecule has 0 aromatic carbocycles. The molecule has 138 valence electrons. The van der Waals surface area contributed by atoms with Gasteiger partial charge in [0.25, 0.3) is 5.91 Å². The van der Waals surface area contributed by atoms with Crippen molar-refractivity contribution in [2.75, 3.05) is 12.3 Å². The zero-order valence-corrected chi connectivity index (χ0v) is 15.3. The quantitative estimate of drug-likeness (QED) is 0.402. The Hall–Kier alpha value is -2.89. The molecule has 11 nitrogen and oxygen atoms in total. The lowest BCUT2D eigenvalue weighted by atomic mass is 9.98. The standard InChI is InChI=1S/C14H19N9O2S/c1-7-9(11(19-13(25)18-7)10-8(2)16-6-17-10)12(24)15-4-5-26-14-20-21-22-23(14)3/h6,11H,4-5H2,1-3H3,(H,15,24)(H,16,17)(H2,18,19,25)/t11-/m0/s1. The predicted molar refractivity (Wildman–Crippen MR) is 93.0 cm³/mol. The average molecular weight is 377 g/mol. The van der Waals surface area contributed by atoms with Crippen LogP contribution in [0.1, 0.15) is 24.4 Å². The van der Waals surface area contributed by atoms with E-state index in [1.165, 1.54) is 18.1 Å². The van der Waals surface area contributed by atoms with Crippen molar-refractivity contribution in [3.05, 3.63) is 29.0 Å². The lowest BCUT2D eigenvalue weighted by Gasteiger charge is -2.27. The lowest BCUT2D eigenvalue weighted by Crippen LogP contribution is -2.47. The Kier molecular flexibility index (Phi) is 5.21. The number of imidazole rings is 1. The number of tetrazole rings is 1. The first-order valence-corrected chi connectivity index (χ1v) is 8.87. The highest BCUT2D eigenvalue weighted by Crippen LogP contribution is 2.26. The maximum atomic E-state index is 12.7. The van der Waals surface area contributed by atoms with Gasteiger partial charge >= 0.3 is 6.03 Å². The molecule has 0 spiro atoms. The number of aromatic amines is 1. The van der Waals surface area contributed by atoms with Gasteiger partial charge in [-0.05, 0) is 24.3 Å². The molecule has 4 N–H and O–H groups in total. The van der Waals surface area contributed by atoms with Crippen molar-refractivity contribution < 1.29 is 9.59 Å². The molecule has 0 aliphatic carbocycles. The van der Waals surface area contributed by atoms with Gasteiger partial charge in [0.1, 0.15) is 6.04 Å². The molecule has 0 unspecified atom stereocenters. The number of allylic oxidation sites excluding steroid dienone is 1. The molecule has 3 rings (SSSR count). The largest absolute Gasteiger partial charge is 0.351 e. The fraction of sp³-hybridized carbons (Fsp3) is 0.429. The van der Waals surface area contributed by atoms with Gasteiger partial charge in [0.2, 0.25) is 5.16 Å². The number of hydrogen-bond donors (Lipinski definition) is 4. The van der Waals surface area contributed by atoms with Crippen molar-refractivity contribution in [3.8, 4) is 0 Å².